The minimum atomic E-state index is -0.790. The summed E-state index contributed by atoms with van der Waals surface area (Å²) < 4.78 is 5.51. The summed E-state index contributed by atoms with van der Waals surface area (Å²) in [5.74, 6) is -0.511. The molecule has 1 heterocycles. The molecule has 26 heavy (non-hydrogen) atoms. The number of ether oxygens (including phenoxy) is 1. The molecule has 2 aromatic carbocycles. The molecular weight excluding hydrogens is 375 g/mol. The molecule has 0 spiro atoms. The fourth-order valence-electron chi connectivity index (χ4n) is 2.80. The van der Waals surface area contributed by atoms with Gasteiger partial charge < -0.3 is 15.0 Å². The first-order chi connectivity index (χ1) is 12.5. The zero-order valence-electron chi connectivity index (χ0n) is 14.0. The highest BCUT2D eigenvalue weighted by molar-refractivity contribution is 6.35. The van der Waals surface area contributed by atoms with Crippen molar-refractivity contribution >= 4 is 40.7 Å². The fourth-order valence-corrected chi connectivity index (χ4v) is 3.33. The Labute approximate surface area is 161 Å². The van der Waals surface area contributed by atoms with Crippen molar-refractivity contribution < 1.29 is 14.3 Å². The zero-order chi connectivity index (χ0) is 18.5. The van der Waals surface area contributed by atoms with E-state index < -0.39 is 6.10 Å². The molecule has 1 aliphatic heterocycles. The number of anilines is 1. The molecule has 0 bridgehead atoms. The largest absolute Gasteiger partial charge is 0.366 e. The Morgan fingerprint density at radius 2 is 1.85 bits per heavy atom. The second-order valence-corrected chi connectivity index (χ2v) is 6.89. The van der Waals surface area contributed by atoms with E-state index in [4.69, 9.17) is 27.9 Å². The molecule has 0 aromatic heterocycles. The molecule has 0 saturated carbocycles. The Balaban J connectivity index is 1.59. The van der Waals surface area contributed by atoms with Crippen LogP contribution in [0.4, 0.5) is 5.69 Å². The lowest BCUT2D eigenvalue weighted by molar-refractivity contribution is -0.155. The van der Waals surface area contributed by atoms with Gasteiger partial charge in [0.15, 0.2) is 0 Å². The molecule has 2 amide bonds. The Morgan fingerprint density at radius 1 is 1.15 bits per heavy atom. The van der Waals surface area contributed by atoms with Crippen molar-refractivity contribution in [2.24, 2.45) is 0 Å². The predicted molar refractivity (Wildman–Crippen MR) is 101 cm³/mol. The zero-order valence-corrected chi connectivity index (χ0v) is 15.5. The van der Waals surface area contributed by atoms with Crippen molar-refractivity contribution in [1.82, 2.24) is 4.90 Å². The number of rotatable bonds is 5. The summed E-state index contributed by atoms with van der Waals surface area (Å²) >= 11 is 11.8. The summed E-state index contributed by atoms with van der Waals surface area (Å²) in [6.45, 7) is 1.42. The van der Waals surface area contributed by atoms with E-state index >= 15 is 0 Å². The van der Waals surface area contributed by atoms with Gasteiger partial charge in [-0.25, -0.2) is 0 Å². The molecule has 0 radical (unpaired) electrons. The second kappa shape index (κ2) is 8.54. The van der Waals surface area contributed by atoms with Gasteiger partial charge in [-0.1, -0.05) is 53.5 Å². The van der Waals surface area contributed by atoms with Gasteiger partial charge in [-0.3, -0.25) is 9.59 Å². The average molecular weight is 393 g/mol. The Hall–Kier alpha value is -2.08. The molecule has 3 rings (SSSR count). The molecule has 1 fully saturated rings. The molecular formula is C19H18Cl2N2O3. The van der Waals surface area contributed by atoms with Crippen LogP contribution in [-0.2, 0) is 20.9 Å². The van der Waals surface area contributed by atoms with Crippen LogP contribution in [0, 0.1) is 0 Å². The highest BCUT2D eigenvalue weighted by Crippen LogP contribution is 2.23. The van der Waals surface area contributed by atoms with Crippen LogP contribution in [0.15, 0.2) is 48.5 Å². The summed E-state index contributed by atoms with van der Waals surface area (Å²) in [7, 11) is 0. The van der Waals surface area contributed by atoms with E-state index in [1.54, 1.807) is 23.1 Å². The quantitative estimate of drug-likeness (QED) is 0.842. The van der Waals surface area contributed by atoms with Gasteiger partial charge in [-0.05, 0) is 23.8 Å². The minimum Gasteiger partial charge on any atom is -0.366 e. The van der Waals surface area contributed by atoms with Gasteiger partial charge in [-0.2, -0.15) is 0 Å². The molecule has 1 saturated heterocycles. The number of hydrogen-bond donors (Lipinski definition) is 1. The van der Waals surface area contributed by atoms with Crippen molar-refractivity contribution in [3.05, 3.63) is 64.1 Å². The first kappa shape index (κ1) is 18.7. The lowest BCUT2D eigenvalue weighted by Gasteiger charge is -2.32. The van der Waals surface area contributed by atoms with E-state index in [9.17, 15) is 9.59 Å². The van der Waals surface area contributed by atoms with Crippen LogP contribution in [-0.4, -0.2) is 36.0 Å². The van der Waals surface area contributed by atoms with Gasteiger partial charge in [0.25, 0.3) is 5.91 Å². The van der Waals surface area contributed by atoms with Crippen molar-refractivity contribution in [2.75, 3.05) is 18.5 Å². The molecule has 5 nitrogen and oxygen atoms in total. The number of morpholine rings is 1. The van der Waals surface area contributed by atoms with E-state index in [0.717, 1.165) is 5.56 Å². The lowest BCUT2D eigenvalue weighted by Crippen LogP contribution is -2.48. The lowest BCUT2D eigenvalue weighted by atomic mass is 10.1. The topological polar surface area (TPSA) is 58.6 Å². The van der Waals surface area contributed by atoms with Crippen molar-refractivity contribution in [3.8, 4) is 0 Å². The molecule has 2 aromatic rings. The highest BCUT2D eigenvalue weighted by atomic mass is 35.5. The van der Waals surface area contributed by atoms with Crippen LogP contribution in [0.5, 0.6) is 0 Å². The van der Waals surface area contributed by atoms with Crippen molar-refractivity contribution in [3.63, 3.8) is 0 Å². The maximum Gasteiger partial charge on any atom is 0.252 e. The molecule has 7 heteroatoms. The van der Waals surface area contributed by atoms with Gasteiger partial charge in [0.1, 0.15) is 6.10 Å². The smallest absolute Gasteiger partial charge is 0.252 e. The Morgan fingerprint density at radius 3 is 2.54 bits per heavy atom. The Bertz CT molecular complexity index is 778. The van der Waals surface area contributed by atoms with Gasteiger partial charge in [0.05, 0.1) is 13.0 Å². The average Bonchev–Trinajstić information content (AvgIpc) is 2.58. The number of nitrogens with one attached hydrogen (secondary N) is 1. The maximum absolute atomic E-state index is 12.6. The van der Waals surface area contributed by atoms with Crippen LogP contribution < -0.4 is 5.32 Å². The van der Waals surface area contributed by atoms with Gasteiger partial charge in [-0.15, -0.1) is 0 Å². The molecule has 1 aliphatic rings. The fraction of sp³-hybridized carbons (Fsp3) is 0.263. The van der Waals surface area contributed by atoms with Crippen molar-refractivity contribution in [2.45, 2.75) is 19.1 Å². The van der Waals surface area contributed by atoms with E-state index in [1.807, 2.05) is 30.3 Å². The third kappa shape index (κ3) is 4.97. The standard InChI is InChI=1S/C19H18Cl2N2O3/c20-14-8-15(21)10-16(9-14)22-18(24)11-17-19(25)23(6-7-26-17)12-13-4-2-1-3-5-13/h1-5,8-10,17H,6-7,11-12H2,(H,22,24)/t17-/m1/s1. The minimum absolute atomic E-state index is 0.0613. The molecule has 0 unspecified atom stereocenters. The summed E-state index contributed by atoms with van der Waals surface area (Å²) in [6.07, 6.45) is -0.851. The van der Waals surface area contributed by atoms with Gasteiger partial charge in [0.2, 0.25) is 5.91 Å². The predicted octanol–water partition coefficient (Wildman–Crippen LogP) is 3.75. The number of benzene rings is 2. The normalized spacial score (nSPS) is 17.2. The van der Waals surface area contributed by atoms with Gasteiger partial charge in [0, 0.05) is 28.8 Å². The number of amides is 2. The van der Waals surface area contributed by atoms with Crippen LogP contribution in [0.3, 0.4) is 0 Å². The molecule has 1 atom stereocenters. The van der Waals surface area contributed by atoms with Crippen LogP contribution >= 0.6 is 23.2 Å². The van der Waals surface area contributed by atoms with Gasteiger partial charge >= 0.3 is 0 Å². The highest BCUT2D eigenvalue weighted by Gasteiger charge is 2.31. The van der Waals surface area contributed by atoms with Crippen LogP contribution in [0.25, 0.3) is 0 Å². The first-order valence-electron chi connectivity index (χ1n) is 8.21. The second-order valence-electron chi connectivity index (χ2n) is 6.02. The van der Waals surface area contributed by atoms with Crippen molar-refractivity contribution in [1.29, 1.82) is 0 Å². The molecule has 0 aliphatic carbocycles. The Kier molecular flexibility index (Phi) is 6.14. The summed E-state index contributed by atoms with van der Waals surface area (Å²) in [6, 6.07) is 14.5. The number of hydrogen-bond acceptors (Lipinski definition) is 3. The van der Waals surface area contributed by atoms with E-state index in [-0.39, 0.29) is 18.2 Å². The number of nitrogens with zero attached hydrogens (tertiary/aromatic N) is 1. The SMILES string of the molecule is O=C(C[C@H]1OCCN(Cc2ccccc2)C1=O)Nc1cc(Cl)cc(Cl)c1. The number of carbonyl (C=O) groups excluding carboxylic acids is 2. The van der Waals surface area contributed by atoms with E-state index in [1.165, 1.54) is 0 Å². The van der Waals surface area contributed by atoms with E-state index in [0.29, 0.717) is 35.4 Å². The molecule has 1 N–H and O–H groups in total. The van der Waals surface area contributed by atoms with Crippen LogP contribution in [0.2, 0.25) is 10.0 Å². The third-order valence-electron chi connectivity index (χ3n) is 4.00. The first-order valence-corrected chi connectivity index (χ1v) is 8.97. The number of halogens is 2. The monoisotopic (exact) mass is 392 g/mol. The van der Waals surface area contributed by atoms with Crippen LogP contribution in [0.1, 0.15) is 12.0 Å². The number of carbonyl (C=O) groups is 2. The third-order valence-corrected chi connectivity index (χ3v) is 4.44. The maximum atomic E-state index is 12.6. The van der Waals surface area contributed by atoms with E-state index in [2.05, 4.69) is 5.32 Å². The summed E-state index contributed by atoms with van der Waals surface area (Å²) in [5.41, 5.74) is 1.52. The summed E-state index contributed by atoms with van der Waals surface area (Å²) in [4.78, 5) is 26.6. The molecule has 136 valence electrons. The summed E-state index contributed by atoms with van der Waals surface area (Å²) in [5, 5.41) is 3.54.